The highest BCUT2D eigenvalue weighted by Crippen LogP contribution is 2.26. The molecule has 0 bridgehead atoms. The van der Waals surface area contributed by atoms with Gasteiger partial charge in [-0.25, -0.2) is 9.97 Å². The molecule has 2 heterocycles. The fraction of sp³-hybridized carbons (Fsp3) is 0.389. The number of aromatic nitrogens is 2. The standard InChI is InChI=1S/C18H22N4O2/c1-24-16-9-5-4-8-14(16)21-17-12-15(19-13-20-17)18(23)22-10-6-2-3-7-11-22/h4-5,8-9,12-13H,2-3,6-7,10-11H2,1H3,(H,19,20,21). The van der Waals surface area contributed by atoms with Crippen LogP contribution in [0.5, 0.6) is 5.75 Å². The third-order valence-electron chi connectivity index (χ3n) is 4.15. The van der Waals surface area contributed by atoms with Gasteiger partial charge in [0.15, 0.2) is 0 Å². The average molecular weight is 326 g/mol. The van der Waals surface area contributed by atoms with E-state index in [9.17, 15) is 4.79 Å². The maximum absolute atomic E-state index is 12.7. The molecule has 0 radical (unpaired) electrons. The summed E-state index contributed by atoms with van der Waals surface area (Å²) in [5.41, 5.74) is 1.22. The Morgan fingerprint density at radius 3 is 2.62 bits per heavy atom. The summed E-state index contributed by atoms with van der Waals surface area (Å²) in [6, 6.07) is 9.28. The second-order valence-electron chi connectivity index (χ2n) is 5.82. The quantitative estimate of drug-likeness (QED) is 0.934. The molecule has 0 aliphatic carbocycles. The molecule has 1 saturated heterocycles. The van der Waals surface area contributed by atoms with E-state index in [4.69, 9.17) is 4.74 Å². The number of nitrogens with zero attached hydrogens (tertiary/aromatic N) is 3. The van der Waals surface area contributed by atoms with Gasteiger partial charge in [-0.3, -0.25) is 4.79 Å². The van der Waals surface area contributed by atoms with Gasteiger partial charge in [-0.2, -0.15) is 0 Å². The molecule has 1 amide bonds. The number of anilines is 2. The Kier molecular flexibility index (Phi) is 5.25. The van der Waals surface area contributed by atoms with Crippen molar-refractivity contribution in [2.24, 2.45) is 0 Å². The number of hydrogen-bond donors (Lipinski definition) is 1. The van der Waals surface area contributed by atoms with Crippen molar-refractivity contribution in [3.63, 3.8) is 0 Å². The van der Waals surface area contributed by atoms with E-state index >= 15 is 0 Å². The smallest absolute Gasteiger partial charge is 0.272 e. The fourth-order valence-corrected chi connectivity index (χ4v) is 2.86. The number of amides is 1. The van der Waals surface area contributed by atoms with Gasteiger partial charge in [0.2, 0.25) is 0 Å². The Hall–Kier alpha value is -2.63. The van der Waals surface area contributed by atoms with E-state index < -0.39 is 0 Å². The molecule has 1 fully saturated rings. The molecule has 1 aliphatic rings. The fourth-order valence-electron chi connectivity index (χ4n) is 2.86. The Morgan fingerprint density at radius 1 is 1.12 bits per heavy atom. The van der Waals surface area contributed by atoms with E-state index in [2.05, 4.69) is 15.3 Å². The van der Waals surface area contributed by atoms with E-state index in [1.165, 1.54) is 19.2 Å². The van der Waals surface area contributed by atoms with Gasteiger partial charge in [0.1, 0.15) is 23.6 Å². The van der Waals surface area contributed by atoms with Crippen molar-refractivity contribution in [2.75, 3.05) is 25.5 Å². The lowest BCUT2D eigenvalue weighted by atomic mass is 10.2. The molecule has 126 valence electrons. The minimum atomic E-state index is -0.0256. The highest BCUT2D eigenvalue weighted by molar-refractivity contribution is 5.93. The molecule has 0 spiro atoms. The molecular formula is C18H22N4O2. The Morgan fingerprint density at radius 2 is 1.88 bits per heavy atom. The van der Waals surface area contributed by atoms with E-state index in [0.29, 0.717) is 11.5 Å². The topological polar surface area (TPSA) is 67.3 Å². The largest absolute Gasteiger partial charge is 0.495 e. The molecular weight excluding hydrogens is 304 g/mol. The number of ether oxygens (including phenoxy) is 1. The normalized spacial score (nSPS) is 14.8. The predicted molar refractivity (Wildman–Crippen MR) is 92.7 cm³/mol. The summed E-state index contributed by atoms with van der Waals surface area (Å²) in [6.45, 7) is 1.61. The second kappa shape index (κ2) is 7.77. The molecule has 0 saturated carbocycles. The third-order valence-corrected chi connectivity index (χ3v) is 4.15. The van der Waals surface area contributed by atoms with Crippen LogP contribution in [0.25, 0.3) is 0 Å². The highest BCUT2D eigenvalue weighted by Gasteiger charge is 2.19. The van der Waals surface area contributed by atoms with Crippen LogP contribution in [-0.2, 0) is 0 Å². The van der Waals surface area contributed by atoms with Crippen LogP contribution < -0.4 is 10.1 Å². The molecule has 0 atom stereocenters. The number of hydrogen-bond acceptors (Lipinski definition) is 5. The molecule has 3 rings (SSSR count). The van der Waals surface area contributed by atoms with Crippen LogP contribution in [0, 0.1) is 0 Å². The number of carbonyl (C=O) groups is 1. The molecule has 1 aromatic heterocycles. The first-order valence-electron chi connectivity index (χ1n) is 8.29. The third kappa shape index (κ3) is 3.82. The molecule has 1 aliphatic heterocycles. The Bertz CT molecular complexity index is 697. The van der Waals surface area contributed by atoms with Crippen molar-refractivity contribution >= 4 is 17.4 Å². The van der Waals surface area contributed by atoms with Crippen LogP contribution >= 0.6 is 0 Å². The summed E-state index contributed by atoms with van der Waals surface area (Å²) in [6.07, 6.45) is 5.91. The van der Waals surface area contributed by atoms with Crippen molar-refractivity contribution < 1.29 is 9.53 Å². The first-order chi connectivity index (χ1) is 11.8. The number of likely N-dealkylation sites (tertiary alicyclic amines) is 1. The Labute approximate surface area is 141 Å². The first-order valence-corrected chi connectivity index (χ1v) is 8.29. The Balaban J connectivity index is 1.77. The second-order valence-corrected chi connectivity index (χ2v) is 5.82. The summed E-state index contributed by atoms with van der Waals surface area (Å²) in [7, 11) is 1.62. The molecule has 0 unspecified atom stereocenters. The van der Waals surface area contributed by atoms with Crippen molar-refractivity contribution in [2.45, 2.75) is 25.7 Å². The monoisotopic (exact) mass is 326 g/mol. The maximum Gasteiger partial charge on any atom is 0.272 e. The SMILES string of the molecule is COc1ccccc1Nc1cc(C(=O)N2CCCCCC2)ncn1. The lowest BCUT2D eigenvalue weighted by Gasteiger charge is -2.19. The van der Waals surface area contributed by atoms with Crippen LogP contribution in [-0.4, -0.2) is 41.0 Å². The molecule has 2 aromatic rings. The summed E-state index contributed by atoms with van der Waals surface area (Å²) >= 11 is 0. The minimum absolute atomic E-state index is 0.0256. The summed E-state index contributed by atoms with van der Waals surface area (Å²) in [5.74, 6) is 1.27. The van der Waals surface area contributed by atoms with Gasteiger partial charge < -0.3 is 15.0 Å². The molecule has 6 heteroatoms. The van der Waals surface area contributed by atoms with E-state index in [-0.39, 0.29) is 5.91 Å². The van der Waals surface area contributed by atoms with Gasteiger partial charge >= 0.3 is 0 Å². The van der Waals surface area contributed by atoms with Crippen molar-refractivity contribution in [3.05, 3.63) is 42.4 Å². The number of methoxy groups -OCH3 is 1. The van der Waals surface area contributed by atoms with Crippen LogP contribution in [0.1, 0.15) is 36.2 Å². The van der Waals surface area contributed by atoms with Crippen molar-refractivity contribution in [3.8, 4) is 5.75 Å². The van der Waals surface area contributed by atoms with E-state index in [1.54, 1.807) is 13.2 Å². The van der Waals surface area contributed by atoms with Crippen molar-refractivity contribution in [1.82, 2.24) is 14.9 Å². The average Bonchev–Trinajstić information content (AvgIpc) is 2.91. The number of nitrogens with one attached hydrogen (secondary N) is 1. The summed E-state index contributed by atoms with van der Waals surface area (Å²) in [5, 5.41) is 3.19. The first kappa shape index (κ1) is 16.2. The van der Waals surface area contributed by atoms with E-state index in [0.717, 1.165) is 37.4 Å². The molecule has 1 N–H and O–H groups in total. The number of para-hydroxylation sites is 2. The number of carbonyl (C=O) groups excluding carboxylic acids is 1. The zero-order valence-electron chi connectivity index (χ0n) is 13.9. The summed E-state index contributed by atoms with van der Waals surface area (Å²) in [4.78, 5) is 22.9. The van der Waals surface area contributed by atoms with Gasteiger partial charge in [0.05, 0.1) is 12.8 Å². The highest BCUT2D eigenvalue weighted by atomic mass is 16.5. The van der Waals surface area contributed by atoms with Crippen LogP contribution in [0.3, 0.4) is 0 Å². The zero-order chi connectivity index (χ0) is 16.8. The van der Waals surface area contributed by atoms with Gasteiger partial charge in [-0.15, -0.1) is 0 Å². The molecule has 1 aromatic carbocycles. The lowest BCUT2D eigenvalue weighted by molar-refractivity contribution is 0.0755. The number of benzene rings is 1. The zero-order valence-corrected chi connectivity index (χ0v) is 13.9. The van der Waals surface area contributed by atoms with Gasteiger partial charge in [-0.1, -0.05) is 25.0 Å². The molecule has 6 nitrogen and oxygen atoms in total. The minimum Gasteiger partial charge on any atom is -0.495 e. The summed E-state index contributed by atoms with van der Waals surface area (Å²) < 4.78 is 5.32. The van der Waals surface area contributed by atoms with Gasteiger partial charge in [0, 0.05) is 19.2 Å². The lowest BCUT2D eigenvalue weighted by Crippen LogP contribution is -2.32. The molecule has 24 heavy (non-hydrogen) atoms. The number of rotatable bonds is 4. The van der Waals surface area contributed by atoms with E-state index in [1.807, 2.05) is 29.2 Å². The predicted octanol–water partition coefficient (Wildman–Crippen LogP) is 3.25. The van der Waals surface area contributed by atoms with Crippen LogP contribution in [0.2, 0.25) is 0 Å². The van der Waals surface area contributed by atoms with Crippen LogP contribution in [0.4, 0.5) is 11.5 Å². The van der Waals surface area contributed by atoms with Gasteiger partial charge in [-0.05, 0) is 25.0 Å². The van der Waals surface area contributed by atoms with Gasteiger partial charge in [0.25, 0.3) is 5.91 Å². The van der Waals surface area contributed by atoms with Crippen LogP contribution in [0.15, 0.2) is 36.7 Å². The van der Waals surface area contributed by atoms with Crippen molar-refractivity contribution in [1.29, 1.82) is 0 Å². The maximum atomic E-state index is 12.7.